The van der Waals surface area contributed by atoms with E-state index < -0.39 is 18.4 Å². The Morgan fingerprint density at radius 1 is 1.14 bits per heavy atom. The molecule has 0 N–H and O–H groups in total. The Labute approximate surface area is 127 Å². The van der Waals surface area contributed by atoms with Gasteiger partial charge in [0, 0.05) is 6.54 Å². The van der Waals surface area contributed by atoms with Gasteiger partial charge in [0.05, 0.1) is 6.54 Å². The Morgan fingerprint density at radius 3 is 2.24 bits per heavy atom. The van der Waals surface area contributed by atoms with E-state index in [9.17, 15) is 9.18 Å². The fourth-order valence-electron chi connectivity index (χ4n) is 2.06. The van der Waals surface area contributed by atoms with Crippen LogP contribution in [0.2, 0.25) is 0 Å². The lowest BCUT2D eigenvalue weighted by Crippen LogP contribution is -2.37. The number of halogens is 1. The molecule has 0 atom stereocenters. The van der Waals surface area contributed by atoms with E-state index in [1.165, 1.54) is 16.0 Å². The van der Waals surface area contributed by atoms with Crippen molar-refractivity contribution in [3.8, 4) is 0 Å². The predicted molar refractivity (Wildman–Crippen MR) is 83.3 cm³/mol. The van der Waals surface area contributed by atoms with E-state index in [0.717, 1.165) is 11.1 Å². The molecule has 0 aliphatic carbocycles. The minimum absolute atomic E-state index is 0.0429. The lowest BCUT2D eigenvalue weighted by atomic mass is 10.0. The van der Waals surface area contributed by atoms with Crippen molar-refractivity contribution in [2.75, 3.05) is 13.2 Å². The molecule has 0 aliphatic rings. The Kier molecular flexibility index (Phi) is 5.76. The van der Waals surface area contributed by atoms with E-state index >= 15 is 0 Å². The van der Waals surface area contributed by atoms with Gasteiger partial charge in [-0.05, 0) is 63.8 Å². The molecule has 0 saturated heterocycles. The van der Waals surface area contributed by atoms with Gasteiger partial charge in [-0.2, -0.15) is 0 Å². The normalized spacial score (nSPS) is 11.4. The second-order valence-corrected chi connectivity index (χ2v) is 6.45. The van der Waals surface area contributed by atoms with Gasteiger partial charge in [-0.25, -0.2) is 9.18 Å². The van der Waals surface area contributed by atoms with Crippen LogP contribution in [0.25, 0.3) is 0 Å². The van der Waals surface area contributed by atoms with Gasteiger partial charge in [0.1, 0.15) is 12.3 Å². The second kappa shape index (κ2) is 6.92. The number of benzene rings is 1. The van der Waals surface area contributed by atoms with Crippen LogP contribution in [-0.4, -0.2) is 29.8 Å². The van der Waals surface area contributed by atoms with Crippen LogP contribution >= 0.6 is 0 Å². The summed E-state index contributed by atoms with van der Waals surface area (Å²) < 4.78 is 18.1. The number of rotatable bonds is 4. The highest BCUT2D eigenvalue weighted by Gasteiger charge is 2.22. The van der Waals surface area contributed by atoms with E-state index in [-0.39, 0.29) is 6.54 Å². The molecule has 0 unspecified atom stereocenters. The molecule has 4 heteroatoms. The van der Waals surface area contributed by atoms with Crippen LogP contribution in [0.1, 0.15) is 43.0 Å². The molecule has 0 fully saturated rings. The molecular formula is C17H26FNO2. The fourth-order valence-corrected chi connectivity index (χ4v) is 2.06. The van der Waals surface area contributed by atoms with Gasteiger partial charge in [-0.15, -0.1) is 0 Å². The van der Waals surface area contributed by atoms with Gasteiger partial charge in [0.2, 0.25) is 0 Å². The maximum absolute atomic E-state index is 12.7. The van der Waals surface area contributed by atoms with E-state index in [4.69, 9.17) is 4.74 Å². The molecule has 0 aliphatic heterocycles. The number of carbonyl (C=O) groups is 1. The molecule has 1 aromatic rings. The van der Waals surface area contributed by atoms with Crippen LogP contribution < -0.4 is 0 Å². The van der Waals surface area contributed by atoms with Gasteiger partial charge in [0.15, 0.2) is 0 Å². The molecule has 118 valence electrons. The standard InChI is InChI=1S/C17H26FNO2/c1-12-9-14(3)15(10-13(12)2)11-19(8-7-18)16(20)21-17(4,5)6/h9-10H,7-8,11H2,1-6H3. The molecule has 0 aromatic heterocycles. The number of hydrogen-bond donors (Lipinski definition) is 0. The molecule has 0 saturated carbocycles. The van der Waals surface area contributed by atoms with Gasteiger partial charge < -0.3 is 9.64 Å². The number of nitrogens with zero attached hydrogens (tertiary/aromatic N) is 1. The van der Waals surface area contributed by atoms with Gasteiger partial charge in [0.25, 0.3) is 0 Å². The summed E-state index contributed by atoms with van der Waals surface area (Å²) in [5, 5.41) is 0. The summed E-state index contributed by atoms with van der Waals surface area (Å²) in [6.45, 7) is 11.3. The number of alkyl halides is 1. The van der Waals surface area contributed by atoms with Crippen molar-refractivity contribution < 1.29 is 13.9 Å². The third kappa shape index (κ3) is 5.37. The van der Waals surface area contributed by atoms with Crippen LogP contribution in [-0.2, 0) is 11.3 Å². The zero-order chi connectivity index (χ0) is 16.2. The number of carbonyl (C=O) groups excluding carboxylic acids is 1. The largest absolute Gasteiger partial charge is 0.444 e. The van der Waals surface area contributed by atoms with Gasteiger partial charge in [-0.1, -0.05) is 12.1 Å². The van der Waals surface area contributed by atoms with Crippen molar-refractivity contribution in [2.45, 2.75) is 53.7 Å². The molecule has 0 heterocycles. The lowest BCUT2D eigenvalue weighted by Gasteiger charge is -2.27. The number of hydrogen-bond acceptors (Lipinski definition) is 2. The zero-order valence-electron chi connectivity index (χ0n) is 13.9. The molecule has 1 aromatic carbocycles. The SMILES string of the molecule is Cc1cc(C)c(CN(CCF)C(=O)OC(C)(C)C)cc1C. The first-order valence-electron chi connectivity index (χ1n) is 7.24. The van der Waals surface area contributed by atoms with Crippen LogP contribution in [0.4, 0.5) is 9.18 Å². The predicted octanol–water partition coefficient (Wildman–Crippen LogP) is 4.32. The highest BCUT2D eigenvalue weighted by molar-refractivity contribution is 5.68. The summed E-state index contributed by atoms with van der Waals surface area (Å²) in [4.78, 5) is 13.6. The number of aryl methyl sites for hydroxylation is 3. The first kappa shape index (κ1) is 17.5. The van der Waals surface area contributed by atoms with E-state index in [2.05, 4.69) is 19.1 Å². The molecule has 1 rings (SSSR count). The topological polar surface area (TPSA) is 29.5 Å². The van der Waals surface area contributed by atoms with Crippen LogP contribution in [0.5, 0.6) is 0 Å². The maximum Gasteiger partial charge on any atom is 0.410 e. The summed E-state index contributed by atoms with van der Waals surface area (Å²) in [6.07, 6.45) is -0.474. The van der Waals surface area contributed by atoms with Crippen molar-refractivity contribution in [1.29, 1.82) is 0 Å². The minimum Gasteiger partial charge on any atom is -0.444 e. The van der Waals surface area contributed by atoms with Gasteiger partial charge >= 0.3 is 6.09 Å². The van der Waals surface area contributed by atoms with Crippen molar-refractivity contribution in [3.05, 3.63) is 34.4 Å². The highest BCUT2D eigenvalue weighted by Crippen LogP contribution is 2.18. The minimum atomic E-state index is -0.580. The lowest BCUT2D eigenvalue weighted by molar-refractivity contribution is 0.0222. The summed E-state index contributed by atoms with van der Waals surface area (Å²) >= 11 is 0. The fraction of sp³-hybridized carbons (Fsp3) is 0.588. The monoisotopic (exact) mass is 295 g/mol. The summed E-state index contributed by atoms with van der Waals surface area (Å²) in [7, 11) is 0. The molecule has 21 heavy (non-hydrogen) atoms. The highest BCUT2D eigenvalue weighted by atomic mass is 19.1. The molecule has 3 nitrogen and oxygen atoms in total. The third-order valence-electron chi connectivity index (χ3n) is 3.32. The molecule has 0 bridgehead atoms. The first-order chi connectivity index (χ1) is 9.64. The van der Waals surface area contributed by atoms with Crippen molar-refractivity contribution >= 4 is 6.09 Å². The first-order valence-corrected chi connectivity index (χ1v) is 7.24. The molecule has 0 radical (unpaired) electrons. The Hall–Kier alpha value is -1.58. The quantitative estimate of drug-likeness (QED) is 0.828. The van der Waals surface area contributed by atoms with Crippen molar-refractivity contribution in [3.63, 3.8) is 0 Å². The number of amides is 1. The maximum atomic E-state index is 12.7. The average Bonchev–Trinajstić information content (AvgIpc) is 2.33. The average molecular weight is 295 g/mol. The third-order valence-corrected chi connectivity index (χ3v) is 3.32. The zero-order valence-corrected chi connectivity index (χ0v) is 13.9. The molecule has 1 amide bonds. The van der Waals surface area contributed by atoms with Crippen LogP contribution in [0.3, 0.4) is 0 Å². The molecule has 0 spiro atoms. The van der Waals surface area contributed by atoms with Crippen LogP contribution in [0, 0.1) is 20.8 Å². The Bertz CT molecular complexity index is 506. The van der Waals surface area contributed by atoms with E-state index in [1.807, 2.05) is 13.8 Å². The van der Waals surface area contributed by atoms with Crippen molar-refractivity contribution in [1.82, 2.24) is 4.90 Å². The summed E-state index contributed by atoms with van der Waals surface area (Å²) in [5.41, 5.74) is 3.93. The van der Waals surface area contributed by atoms with E-state index in [1.54, 1.807) is 20.8 Å². The summed E-state index contributed by atoms with van der Waals surface area (Å²) in [5.74, 6) is 0. The molecular weight excluding hydrogens is 269 g/mol. The Balaban J connectivity index is 2.93. The van der Waals surface area contributed by atoms with E-state index in [0.29, 0.717) is 6.54 Å². The van der Waals surface area contributed by atoms with Crippen molar-refractivity contribution in [2.24, 2.45) is 0 Å². The summed E-state index contributed by atoms with van der Waals surface area (Å²) in [6, 6.07) is 4.15. The second-order valence-electron chi connectivity index (χ2n) is 6.45. The number of ether oxygens (including phenoxy) is 1. The Morgan fingerprint density at radius 2 is 1.71 bits per heavy atom. The van der Waals surface area contributed by atoms with Crippen LogP contribution in [0.15, 0.2) is 12.1 Å². The smallest absolute Gasteiger partial charge is 0.410 e. The van der Waals surface area contributed by atoms with Gasteiger partial charge in [-0.3, -0.25) is 0 Å².